The van der Waals surface area contributed by atoms with Gasteiger partial charge in [-0.1, -0.05) is 12.1 Å². The van der Waals surface area contributed by atoms with Crippen LogP contribution in [0.2, 0.25) is 0 Å². The number of ether oxygens (including phenoxy) is 2. The standard InChI is InChI=1S/C17H15N3O4/c1-9-7-13-15(17(21)20(9)22)14(12(8-18)16(19)24-13)10-3-5-11(23-2)6-4-10/h3-7,14,22H,19H2,1-2H3. The van der Waals surface area contributed by atoms with Gasteiger partial charge in [0, 0.05) is 6.07 Å². The molecule has 3 N–H and O–H groups in total. The van der Waals surface area contributed by atoms with Crippen molar-refractivity contribution in [2.45, 2.75) is 12.8 Å². The molecule has 7 nitrogen and oxygen atoms in total. The molecular weight excluding hydrogens is 310 g/mol. The molecule has 0 aliphatic carbocycles. The minimum Gasteiger partial charge on any atom is -0.497 e. The molecule has 0 spiro atoms. The maximum atomic E-state index is 12.5. The number of nitriles is 1. The fraction of sp³-hybridized carbons (Fsp3) is 0.176. The van der Waals surface area contributed by atoms with Crippen molar-refractivity contribution in [2.24, 2.45) is 5.73 Å². The second-order valence-electron chi connectivity index (χ2n) is 5.38. The normalized spacial score (nSPS) is 16.1. The van der Waals surface area contributed by atoms with Crippen LogP contribution in [0.4, 0.5) is 0 Å². The SMILES string of the molecule is COc1ccc(C2C(C#N)=C(N)Oc3cc(C)n(O)c(=O)c32)cc1. The zero-order valence-electron chi connectivity index (χ0n) is 13.1. The van der Waals surface area contributed by atoms with Gasteiger partial charge < -0.3 is 20.4 Å². The first-order chi connectivity index (χ1) is 11.5. The van der Waals surface area contributed by atoms with Gasteiger partial charge in [0.25, 0.3) is 5.56 Å². The molecule has 7 heteroatoms. The molecule has 0 saturated carbocycles. The number of nitrogens with two attached hydrogens (primary N) is 1. The van der Waals surface area contributed by atoms with E-state index >= 15 is 0 Å². The topological polar surface area (TPSA) is 110 Å². The summed E-state index contributed by atoms with van der Waals surface area (Å²) in [5, 5.41) is 19.4. The number of hydrogen-bond donors (Lipinski definition) is 2. The van der Waals surface area contributed by atoms with Gasteiger partial charge in [-0.25, -0.2) is 0 Å². The molecule has 1 atom stereocenters. The summed E-state index contributed by atoms with van der Waals surface area (Å²) in [7, 11) is 1.55. The summed E-state index contributed by atoms with van der Waals surface area (Å²) in [5.74, 6) is 0.0987. The molecule has 122 valence electrons. The number of benzene rings is 1. The van der Waals surface area contributed by atoms with Crippen LogP contribution in [0.15, 0.2) is 46.6 Å². The van der Waals surface area contributed by atoms with Crippen molar-refractivity contribution >= 4 is 0 Å². The highest BCUT2D eigenvalue weighted by Crippen LogP contribution is 2.40. The van der Waals surface area contributed by atoms with Crippen molar-refractivity contribution in [3.8, 4) is 17.6 Å². The highest BCUT2D eigenvalue weighted by atomic mass is 16.5. The summed E-state index contributed by atoms with van der Waals surface area (Å²) in [6, 6.07) is 10.4. The largest absolute Gasteiger partial charge is 0.497 e. The average molecular weight is 325 g/mol. The molecule has 1 aromatic carbocycles. The minimum absolute atomic E-state index is 0.0553. The molecule has 2 aromatic rings. The lowest BCUT2D eigenvalue weighted by molar-refractivity contribution is 0.165. The predicted octanol–water partition coefficient (Wildman–Crippen LogP) is 1.62. The van der Waals surface area contributed by atoms with Gasteiger partial charge in [0.05, 0.1) is 24.3 Å². The Hall–Kier alpha value is -3.40. The fourth-order valence-corrected chi connectivity index (χ4v) is 2.77. The molecule has 0 saturated heterocycles. The van der Waals surface area contributed by atoms with Gasteiger partial charge in [0.2, 0.25) is 5.88 Å². The maximum Gasteiger partial charge on any atom is 0.291 e. The lowest BCUT2D eigenvalue weighted by atomic mass is 9.84. The van der Waals surface area contributed by atoms with Gasteiger partial charge in [-0.3, -0.25) is 4.79 Å². The zero-order valence-corrected chi connectivity index (χ0v) is 13.1. The van der Waals surface area contributed by atoms with E-state index in [1.807, 2.05) is 6.07 Å². The van der Waals surface area contributed by atoms with E-state index in [2.05, 4.69) is 0 Å². The van der Waals surface area contributed by atoms with E-state index < -0.39 is 11.5 Å². The van der Waals surface area contributed by atoms with E-state index in [1.54, 1.807) is 38.3 Å². The summed E-state index contributed by atoms with van der Waals surface area (Å²) in [5.41, 5.74) is 6.48. The number of aromatic nitrogens is 1. The molecule has 0 bridgehead atoms. The Morgan fingerprint density at radius 1 is 1.38 bits per heavy atom. The molecule has 24 heavy (non-hydrogen) atoms. The molecular formula is C17H15N3O4. The first kappa shape index (κ1) is 15.5. The molecule has 1 aliphatic heterocycles. The lowest BCUT2D eigenvalue weighted by Crippen LogP contribution is -2.31. The van der Waals surface area contributed by atoms with Crippen LogP contribution in [-0.4, -0.2) is 17.0 Å². The highest BCUT2D eigenvalue weighted by molar-refractivity contribution is 5.55. The van der Waals surface area contributed by atoms with E-state index in [1.165, 1.54) is 6.07 Å². The Bertz CT molecular complexity index is 936. The third-order valence-electron chi connectivity index (χ3n) is 3.99. The van der Waals surface area contributed by atoms with Crippen molar-refractivity contribution in [3.05, 3.63) is 69.0 Å². The van der Waals surface area contributed by atoms with Crippen molar-refractivity contribution in [1.29, 1.82) is 5.26 Å². The first-order valence-electron chi connectivity index (χ1n) is 7.15. The van der Waals surface area contributed by atoms with Crippen molar-refractivity contribution < 1.29 is 14.7 Å². The van der Waals surface area contributed by atoms with Crippen LogP contribution in [-0.2, 0) is 0 Å². The van der Waals surface area contributed by atoms with E-state index in [9.17, 15) is 15.3 Å². The molecule has 1 unspecified atom stereocenters. The lowest BCUT2D eigenvalue weighted by Gasteiger charge is -2.26. The molecule has 2 heterocycles. The molecule has 0 radical (unpaired) electrons. The fourth-order valence-electron chi connectivity index (χ4n) is 2.77. The summed E-state index contributed by atoms with van der Waals surface area (Å²) >= 11 is 0. The van der Waals surface area contributed by atoms with Crippen LogP contribution in [0.3, 0.4) is 0 Å². The van der Waals surface area contributed by atoms with Crippen molar-refractivity contribution in [1.82, 2.24) is 4.73 Å². The van der Waals surface area contributed by atoms with Gasteiger partial charge in [0.1, 0.15) is 23.1 Å². The van der Waals surface area contributed by atoms with E-state index in [0.29, 0.717) is 21.7 Å². The number of allylic oxidation sites excluding steroid dienone is 1. The molecule has 3 rings (SSSR count). The quantitative estimate of drug-likeness (QED) is 0.812. The maximum absolute atomic E-state index is 12.5. The van der Waals surface area contributed by atoms with Crippen LogP contribution in [0.1, 0.15) is 22.7 Å². The summed E-state index contributed by atoms with van der Waals surface area (Å²) < 4.78 is 11.1. The van der Waals surface area contributed by atoms with Gasteiger partial charge in [-0.15, -0.1) is 0 Å². The van der Waals surface area contributed by atoms with Crippen molar-refractivity contribution in [2.75, 3.05) is 7.11 Å². The second kappa shape index (κ2) is 5.66. The summed E-state index contributed by atoms with van der Waals surface area (Å²) in [4.78, 5) is 12.5. The van der Waals surface area contributed by atoms with Crippen LogP contribution >= 0.6 is 0 Å². The van der Waals surface area contributed by atoms with Gasteiger partial charge in [-0.2, -0.15) is 9.99 Å². The first-order valence-corrected chi connectivity index (χ1v) is 7.15. The number of rotatable bonds is 2. The monoisotopic (exact) mass is 325 g/mol. The van der Waals surface area contributed by atoms with Crippen LogP contribution in [0.25, 0.3) is 0 Å². The van der Waals surface area contributed by atoms with E-state index in [0.717, 1.165) is 0 Å². The Balaban J connectivity index is 2.28. The number of pyridine rings is 1. The van der Waals surface area contributed by atoms with Crippen LogP contribution < -0.4 is 20.8 Å². The Labute approximate surface area is 137 Å². The molecule has 1 aliphatic rings. The number of aryl methyl sites for hydroxylation is 1. The van der Waals surface area contributed by atoms with Gasteiger partial charge >= 0.3 is 0 Å². The Morgan fingerprint density at radius 3 is 2.62 bits per heavy atom. The van der Waals surface area contributed by atoms with Gasteiger partial charge in [-0.05, 0) is 24.6 Å². The number of hydrogen-bond acceptors (Lipinski definition) is 6. The Kier molecular flexibility index (Phi) is 3.66. The Morgan fingerprint density at radius 2 is 2.04 bits per heavy atom. The van der Waals surface area contributed by atoms with Crippen LogP contribution in [0, 0.1) is 18.3 Å². The molecule has 0 amide bonds. The highest BCUT2D eigenvalue weighted by Gasteiger charge is 2.34. The number of methoxy groups -OCH3 is 1. The summed E-state index contributed by atoms with van der Waals surface area (Å²) in [6.07, 6.45) is 0. The predicted molar refractivity (Wildman–Crippen MR) is 84.9 cm³/mol. The number of fused-ring (bicyclic) bond motifs is 1. The molecule has 1 aromatic heterocycles. The summed E-state index contributed by atoms with van der Waals surface area (Å²) in [6.45, 7) is 1.56. The smallest absolute Gasteiger partial charge is 0.291 e. The number of nitrogens with zero attached hydrogens (tertiary/aromatic N) is 2. The molecule has 0 fully saturated rings. The van der Waals surface area contributed by atoms with Crippen molar-refractivity contribution in [3.63, 3.8) is 0 Å². The minimum atomic E-state index is -0.726. The van der Waals surface area contributed by atoms with Gasteiger partial charge in [0.15, 0.2) is 0 Å². The van der Waals surface area contributed by atoms with E-state index in [-0.39, 0.29) is 22.8 Å². The zero-order chi connectivity index (χ0) is 17.4. The van der Waals surface area contributed by atoms with E-state index in [4.69, 9.17) is 15.2 Å². The second-order valence-corrected chi connectivity index (χ2v) is 5.38. The third-order valence-corrected chi connectivity index (χ3v) is 3.99. The van der Waals surface area contributed by atoms with Crippen LogP contribution in [0.5, 0.6) is 11.5 Å². The third kappa shape index (κ3) is 2.25. The average Bonchev–Trinajstić information content (AvgIpc) is 2.59.